The third kappa shape index (κ3) is 3.74. The molecule has 0 spiro atoms. The van der Waals surface area contributed by atoms with E-state index in [4.69, 9.17) is 14.2 Å². The monoisotopic (exact) mass is 493 g/mol. The molecule has 4 atom stereocenters. The lowest BCUT2D eigenvalue weighted by Gasteiger charge is -2.61. The summed E-state index contributed by atoms with van der Waals surface area (Å²) < 4.78 is 31.3. The Hall–Kier alpha value is -3.42. The number of hydrogen-bond donors (Lipinski definition) is 1. The zero-order chi connectivity index (χ0) is 25.1. The molecule has 36 heavy (non-hydrogen) atoms. The molecule has 4 saturated carbocycles. The summed E-state index contributed by atoms with van der Waals surface area (Å²) >= 11 is 0. The number of carbonyl (C=O) groups excluding carboxylic acids is 3. The van der Waals surface area contributed by atoms with E-state index in [1.807, 2.05) is 6.07 Å². The highest BCUT2D eigenvalue weighted by Crippen LogP contribution is 2.66. The van der Waals surface area contributed by atoms with E-state index in [2.05, 4.69) is 5.32 Å². The Morgan fingerprint density at radius 2 is 1.89 bits per heavy atom. The molecule has 1 heterocycles. The van der Waals surface area contributed by atoms with E-state index in [-0.39, 0.29) is 36.7 Å². The van der Waals surface area contributed by atoms with Crippen molar-refractivity contribution < 1.29 is 33.0 Å². The Bertz CT molecular complexity index is 1260. The van der Waals surface area contributed by atoms with Crippen LogP contribution in [0.1, 0.15) is 54.4 Å². The molecule has 8 heteroatoms. The maximum Gasteiger partial charge on any atom is 0.312 e. The fourth-order valence-corrected chi connectivity index (χ4v) is 7.49. The number of ketones is 1. The first-order chi connectivity index (χ1) is 17.3. The average Bonchev–Trinajstić information content (AvgIpc) is 2.85. The van der Waals surface area contributed by atoms with Crippen LogP contribution in [0.3, 0.4) is 0 Å². The highest BCUT2D eigenvalue weighted by molar-refractivity contribution is 6.01. The number of hydrogen-bond acceptors (Lipinski definition) is 6. The Morgan fingerprint density at radius 3 is 2.61 bits per heavy atom. The molecule has 4 aliphatic carbocycles. The number of halogens is 1. The number of benzene rings is 2. The third-order valence-electron chi connectivity index (χ3n) is 8.51. The molecule has 7 rings (SSSR count). The number of anilines is 1. The molecular weight excluding hydrogens is 465 g/mol. The van der Waals surface area contributed by atoms with E-state index < -0.39 is 10.8 Å². The summed E-state index contributed by atoms with van der Waals surface area (Å²) in [5, 5.41) is 2.68. The minimum atomic E-state index is -0.700. The van der Waals surface area contributed by atoms with Crippen LogP contribution >= 0.6 is 0 Å². The number of methoxy groups -OCH3 is 1. The lowest BCUT2D eigenvalue weighted by Crippen LogP contribution is -2.57. The van der Waals surface area contributed by atoms with Gasteiger partial charge in [0.15, 0.2) is 19.0 Å². The van der Waals surface area contributed by atoms with E-state index in [0.717, 1.165) is 32.1 Å². The lowest BCUT2D eigenvalue weighted by molar-refractivity contribution is -0.173. The Kier molecular flexibility index (Phi) is 5.32. The van der Waals surface area contributed by atoms with Gasteiger partial charge in [-0.25, -0.2) is 4.39 Å². The van der Waals surface area contributed by atoms with Gasteiger partial charge in [-0.1, -0.05) is 6.07 Å². The number of Topliss-reactive ketones (excluding diaryl/α,β-unsaturated/α-hetero) is 1. The summed E-state index contributed by atoms with van der Waals surface area (Å²) in [7, 11) is 1.51. The molecule has 5 aliphatic rings. The van der Waals surface area contributed by atoms with Crippen LogP contribution in [-0.2, 0) is 19.7 Å². The number of ether oxygens (including phenoxy) is 3. The van der Waals surface area contributed by atoms with Crippen LogP contribution in [-0.4, -0.2) is 38.0 Å². The number of fused-ring (bicyclic) bond motifs is 1. The predicted molar refractivity (Wildman–Crippen MR) is 128 cm³/mol. The third-order valence-corrected chi connectivity index (χ3v) is 8.51. The molecular formula is C28H28FNO6. The van der Waals surface area contributed by atoms with Crippen molar-refractivity contribution in [2.24, 2.45) is 17.3 Å². The van der Waals surface area contributed by atoms with E-state index in [1.165, 1.54) is 19.2 Å². The van der Waals surface area contributed by atoms with Crippen molar-refractivity contribution in [2.75, 3.05) is 25.6 Å². The van der Waals surface area contributed by atoms with Crippen LogP contribution in [0.5, 0.6) is 11.5 Å². The molecule has 2 unspecified atom stereocenters. The molecule has 4 fully saturated rings. The molecule has 1 N–H and O–H groups in total. The molecule has 2 aromatic carbocycles. The van der Waals surface area contributed by atoms with Crippen molar-refractivity contribution in [1.29, 1.82) is 0 Å². The SMILES string of the molecule is COc1ccc(C23C[C@@H]4C[C@@H](CC(C(=O)OCC(=O)c5ccc6c(c5)NC(=O)CO6)(C4)C2)C3)c(F)c1. The summed E-state index contributed by atoms with van der Waals surface area (Å²) in [5.74, 6) is 0.334. The fourth-order valence-electron chi connectivity index (χ4n) is 7.49. The van der Waals surface area contributed by atoms with Crippen LogP contribution in [0.25, 0.3) is 0 Å². The second kappa shape index (κ2) is 8.32. The minimum absolute atomic E-state index is 0.0656. The van der Waals surface area contributed by atoms with E-state index in [1.54, 1.807) is 18.2 Å². The Balaban J connectivity index is 1.20. The van der Waals surface area contributed by atoms with Crippen LogP contribution in [0.2, 0.25) is 0 Å². The second-order valence-electron chi connectivity index (χ2n) is 10.9. The molecule has 1 amide bonds. The van der Waals surface area contributed by atoms with Gasteiger partial charge in [-0.2, -0.15) is 0 Å². The van der Waals surface area contributed by atoms with E-state index in [9.17, 15) is 14.4 Å². The predicted octanol–water partition coefficient (Wildman–Crippen LogP) is 4.43. The Morgan fingerprint density at radius 1 is 1.11 bits per heavy atom. The van der Waals surface area contributed by atoms with Crippen LogP contribution in [0.4, 0.5) is 10.1 Å². The zero-order valence-corrected chi connectivity index (χ0v) is 20.1. The van der Waals surface area contributed by atoms with Crippen LogP contribution in [0, 0.1) is 23.1 Å². The second-order valence-corrected chi connectivity index (χ2v) is 10.9. The van der Waals surface area contributed by atoms with Gasteiger partial charge in [-0.05, 0) is 85.6 Å². The normalized spacial score (nSPS) is 29.7. The van der Waals surface area contributed by atoms with Crippen molar-refractivity contribution in [3.8, 4) is 11.5 Å². The highest BCUT2D eigenvalue weighted by Gasteiger charge is 2.62. The molecule has 0 saturated heterocycles. The standard InChI is InChI=1S/C28H28FNO6/c1-34-19-3-4-20(21(29)8-19)27-9-16-6-17(10-27)12-28(11-16,15-27)26(33)36-13-23(31)18-2-5-24-22(7-18)30-25(32)14-35-24/h2-5,7-8,16-17H,6,9-15H2,1H3,(H,30,32)/t16-,17+,27?,28?. The summed E-state index contributed by atoms with van der Waals surface area (Å²) in [5.41, 5.74) is 0.306. The van der Waals surface area contributed by atoms with Crippen molar-refractivity contribution in [3.05, 3.63) is 53.3 Å². The maximum absolute atomic E-state index is 15.2. The lowest BCUT2D eigenvalue weighted by atomic mass is 9.43. The molecule has 0 radical (unpaired) electrons. The zero-order valence-electron chi connectivity index (χ0n) is 20.1. The van der Waals surface area contributed by atoms with Gasteiger partial charge >= 0.3 is 5.97 Å². The maximum atomic E-state index is 15.2. The molecule has 7 nitrogen and oxygen atoms in total. The number of nitrogens with one attached hydrogen (secondary N) is 1. The van der Waals surface area contributed by atoms with Gasteiger partial charge < -0.3 is 19.5 Å². The molecule has 0 aromatic heterocycles. The summed E-state index contributed by atoms with van der Waals surface area (Å²) in [6.07, 6.45) is 4.76. The topological polar surface area (TPSA) is 90.9 Å². The average molecular weight is 494 g/mol. The molecule has 2 aromatic rings. The Labute approximate surface area is 208 Å². The smallest absolute Gasteiger partial charge is 0.312 e. The summed E-state index contributed by atoms with van der Waals surface area (Å²) in [6, 6.07) is 9.77. The number of rotatable bonds is 6. The van der Waals surface area contributed by atoms with Gasteiger partial charge in [0.1, 0.15) is 17.3 Å². The first-order valence-corrected chi connectivity index (χ1v) is 12.4. The fraction of sp³-hybridized carbons (Fsp3) is 0.464. The van der Waals surface area contributed by atoms with Crippen LogP contribution < -0.4 is 14.8 Å². The molecule has 1 aliphatic heterocycles. The van der Waals surface area contributed by atoms with E-state index in [0.29, 0.717) is 46.6 Å². The quantitative estimate of drug-likeness (QED) is 0.473. The van der Waals surface area contributed by atoms with E-state index >= 15 is 4.39 Å². The largest absolute Gasteiger partial charge is 0.497 e. The molecule has 4 bridgehead atoms. The first-order valence-electron chi connectivity index (χ1n) is 12.4. The minimum Gasteiger partial charge on any atom is -0.497 e. The van der Waals surface area contributed by atoms with Crippen LogP contribution in [0.15, 0.2) is 36.4 Å². The van der Waals surface area contributed by atoms with Gasteiger partial charge in [0.05, 0.1) is 18.2 Å². The van der Waals surface area contributed by atoms with Crippen molar-refractivity contribution in [3.63, 3.8) is 0 Å². The van der Waals surface area contributed by atoms with Gasteiger partial charge in [-0.15, -0.1) is 0 Å². The molecule has 188 valence electrons. The van der Waals surface area contributed by atoms with Crippen molar-refractivity contribution in [1.82, 2.24) is 0 Å². The highest BCUT2D eigenvalue weighted by atomic mass is 19.1. The van der Waals surface area contributed by atoms with Crippen molar-refractivity contribution >= 4 is 23.3 Å². The van der Waals surface area contributed by atoms with Gasteiger partial charge in [0, 0.05) is 11.6 Å². The van der Waals surface area contributed by atoms with Gasteiger partial charge in [0.2, 0.25) is 0 Å². The summed E-state index contributed by atoms with van der Waals surface area (Å²) in [6.45, 7) is -0.447. The number of amides is 1. The number of carbonyl (C=O) groups is 3. The van der Waals surface area contributed by atoms with Gasteiger partial charge in [-0.3, -0.25) is 14.4 Å². The van der Waals surface area contributed by atoms with Crippen molar-refractivity contribution in [2.45, 2.75) is 43.9 Å². The first kappa shape index (κ1) is 23.0. The van der Waals surface area contributed by atoms with Gasteiger partial charge in [0.25, 0.3) is 5.91 Å². The number of esters is 1. The summed E-state index contributed by atoms with van der Waals surface area (Å²) in [4.78, 5) is 37.9.